The maximum atomic E-state index is 6.25. The molecule has 1 nitrogen and oxygen atoms in total. The Bertz CT molecular complexity index is 2130. The van der Waals surface area contributed by atoms with Gasteiger partial charge in [0.15, 0.2) is 0 Å². The van der Waals surface area contributed by atoms with E-state index in [1.165, 1.54) is 54.9 Å². The minimum Gasteiger partial charge on any atom is -0.456 e. The van der Waals surface area contributed by atoms with Gasteiger partial charge >= 0.3 is 0 Å². The monoisotopic (exact) mass is 522 g/mol. The molecule has 0 saturated heterocycles. The third-order valence-electron chi connectivity index (χ3n) is 8.08. The van der Waals surface area contributed by atoms with Crippen LogP contribution in [-0.4, -0.2) is 0 Å². The zero-order valence-corrected chi connectivity index (χ0v) is 22.4. The molecule has 192 valence electrons. The molecule has 0 unspecified atom stereocenters. The highest BCUT2D eigenvalue weighted by molar-refractivity contribution is 6.22. The van der Waals surface area contributed by atoms with Gasteiger partial charge in [0.2, 0.25) is 0 Å². The van der Waals surface area contributed by atoms with E-state index in [4.69, 9.17) is 4.42 Å². The predicted molar refractivity (Wildman–Crippen MR) is 173 cm³/mol. The molecule has 1 heteroatoms. The minimum absolute atomic E-state index is 0.889. The van der Waals surface area contributed by atoms with E-state index in [0.717, 1.165) is 22.3 Å². The van der Waals surface area contributed by atoms with Gasteiger partial charge in [0.25, 0.3) is 0 Å². The van der Waals surface area contributed by atoms with Crippen LogP contribution in [-0.2, 0) is 0 Å². The molecule has 0 aliphatic heterocycles. The highest BCUT2D eigenvalue weighted by Gasteiger charge is 2.19. The summed E-state index contributed by atoms with van der Waals surface area (Å²) in [5.74, 6) is 0.889. The van der Waals surface area contributed by atoms with E-state index in [2.05, 4.69) is 140 Å². The molecule has 0 N–H and O–H groups in total. The van der Waals surface area contributed by atoms with Crippen LogP contribution in [0.25, 0.3) is 77.2 Å². The average molecular weight is 523 g/mol. The number of hydrogen-bond donors (Lipinski definition) is 0. The molecule has 0 saturated carbocycles. The summed E-state index contributed by atoms with van der Waals surface area (Å²) in [5, 5.41) is 6.10. The van der Waals surface area contributed by atoms with Gasteiger partial charge < -0.3 is 4.42 Å². The van der Waals surface area contributed by atoms with Crippen LogP contribution in [0.4, 0.5) is 0 Å². The van der Waals surface area contributed by atoms with Crippen molar-refractivity contribution >= 4 is 32.5 Å². The van der Waals surface area contributed by atoms with Crippen LogP contribution in [0.15, 0.2) is 162 Å². The average Bonchev–Trinajstić information content (AvgIpc) is 3.48. The van der Waals surface area contributed by atoms with E-state index in [1.54, 1.807) is 0 Å². The van der Waals surface area contributed by atoms with Crippen molar-refractivity contribution in [3.8, 4) is 44.7 Å². The normalized spacial score (nSPS) is 11.4. The van der Waals surface area contributed by atoms with Crippen LogP contribution in [0, 0.1) is 0 Å². The van der Waals surface area contributed by atoms with Gasteiger partial charge in [-0.1, -0.05) is 140 Å². The van der Waals surface area contributed by atoms with E-state index in [0.29, 0.717) is 0 Å². The van der Waals surface area contributed by atoms with Crippen molar-refractivity contribution in [1.29, 1.82) is 0 Å². The second-order valence-electron chi connectivity index (χ2n) is 10.5. The van der Waals surface area contributed by atoms with Crippen molar-refractivity contribution in [2.75, 3.05) is 0 Å². The van der Waals surface area contributed by atoms with Crippen molar-refractivity contribution in [3.63, 3.8) is 0 Å². The Morgan fingerprint density at radius 2 is 0.854 bits per heavy atom. The van der Waals surface area contributed by atoms with Gasteiger partial charge in [0.1, 0.15) is 11.3 Å². The molecule has 8 aromatic rings. The SMILES string of the molecule is c1ccc(-c2cc3cc(-c4c5ccccc5c(-c5ccccc5-c5ccccc5)c5ccccc45)ccc3o2)cc1. The summed E-state index contributed by atoms with van der Waals surface area (Å²) >= 11 is 0. The molecule has 0 amide bonds. The molecule has 0 atom stereocenters. The molecule has 8 rings (SSSR count). The van der Waals surface area contributed by atoms with E-state index >= 15 is 0 Å². The maximum Gasteiger partial charge on any atom is 0.135 e. The minimum atomic E-state index is 0.889. The van der Waals surface area contributed by atoms with Crippen LogP contribution in [0.3, 0.4) is 0 Å². The molecule has 1 aromatic heterocycles. The number of furan rings is 1. The Morgan fingerprint density at radius 1 is 0.341 bits per heavy atom. The predicted octanol–water partition coefficient (Wildman–Crippen LogP) is 11.4. The largest absolute Gasteiger partial charge is 0.456 e. The lowest BCUT2D eigenvalue weighted by atomic mass is 9.84. The topological polar surface area (TPSA) is 13.1 Å². The van der Waals surface area contributed by atoms with E-state index < -0.39 is 0 Å². The second-order valence-corrected chi connectivity index (χ2v) is 10.5. The first-order chi connectivity index (χ1) is 20.3. The van der Waals surface area contributed by atoms with Crippen LogP contribution < -0.4 is 0 Å². The Balaban J connectivity index is 1.41. The number of fused-ring (bicyclic) bond motifs is 3. The van der Waals surface area contributed by atoms with Crippen molar-refractivity contribution in [2.24, 2.45) is 0 Å². The molecule has 0 radical (unpaired) electrons. The number of benzene rings is 7. The van der Waals surface area contributed by atoms with Crippen molar-refractivity contribution < 1.29 is 4.42 Å². The molecule has 0 spiro atoms. The summed E-state index contributed by atoms with van der Waals surface area (Å²) in [6, 6.07) is 56.2. The van der Waals surface area contributed by atoms with Crippen LogP contribution in [0.1, 0.15) is 0 Å². The molecule has 41 heavy (non-hydrogen) atoms. The first-order valence-corrected chi connectivity index (χ1v) is 14.0. The molecule has 1 heterocycles. The smallest absolute Gasteiger partial charge is 0.135 e. The van der Waals surface area contributed by atoms with Gasteiger partial charge in [-0.25, -0.2) is 0 Å². The maximum absolute atomic E-state index is 6.25. The van der Waals surface area contributed by atoms with Crippen LogP contribution in [0.5, 0.6) is 0 Å². The molecule has 0 bridgehead atoms. The van der Waals surface area contributed by atoms with Crippen LogP contribution in [0.2, 0.25) is 0 Å². The fraction of sp³-hybridized carbons (Fsp3) is 0. The molecule has 0 aliphatic carbocycles. The Kier molecular flexibility index (Phi) is 5.53. The fourth-order valence-electron chi connectivity index (χ4n) is 6.24. The third-order valence-corrected chi connectivity index (χ3v) is 8.08. The van der Waals surface area contributed by atoms with Crippen molar-refractivity contribution in [3.05, 3.63) is 158 Å². The fourth-order valence-corrected chi connectivity index (χ4v) is 6.24. The molecule has 7 aromatic carbocycles. The van der Waals surface area contributed by atoms with Crippen molar-refractivity contribution in [2.45, 2.75) is 0 Å². The van der Waals surface area contributed by atoms with Crippen molar-refractivity contribution in [1.82, 2.24) is 0 Å². The zero-order chi connectivity index (χ0) is 27.2. The molecule has 0 fully saturated rings. The Labute approximate surface area is 238 Å². The first-order valence-electron chi connectivity index (χ1n) is 14.0. The molecular weight excluding hydrogens is 496 g/mol. The Morgan fingerprint density at radius 3 is 1.49 bits per heavy atom. The lowest BCUT2D eigenvalue weighted by molar-refractivity contribution is 0.631. The lowest BCUT2D eigenvalue weighted by Gasteiger charge is -2.19. The van der Waals surface area contributed by atoms with Gasteiger partial charge in [0.05, 0.1) is 0 Å². The van der Waals surface area contributed by atoms with E-state index in [-0.39, 0.29) is 0 Å². The summed E-state index contributed by atoms with van der Waals surface area (Å²) in [4.78, 5) is 0. The van der Waals surface area contributed by atoms with Gasteiger partial charge in [-0.3, -0.25) is 0 Å². The summed E-state index contributed by atoms with van der Waals surface area (Å²) in [6.07, 6.45) is 0. The highest BCUT2D eigenvalue weighted by atomic mass is 16.3. The molecule has 0 aliphatic rings. The Hall–Kier alpha value is -5.40. The standard InChI is InChI=1S/C40H26O/c1-3-13-27(14-4-1)31-17-7-8-18-32(31)40-35-21-11-9-19-33(35)39(34-20-10-12-22-36(34)40)29-23-24-37-30(25-29)26-38(41-37)28-15-5-2-6-16-28/h1-26H. The summed E-state index contributed by atoms with van der Waals surface area (Å²) in [6.45, 7) is 0. The zero-order valence-electron chi connectivity index (χ0n) is 22.4. The number of hydrogen-bond acceptors (Lipinski definition) is 1. The van der Waals surface area contributed by atoms with Crippen LogP contribution >= 0.6 is 0 Å². The van der Waals surface area contributed by atoms with E-state index in [9.17, 15) is 0 Å². The third kappa shape index (κ3) is 3.94. The number of rotatable bonds is 4. The van der Waals surface area contributed by atoms with Gasteiger partial charge in [-0.2, -0.15) is 0 Å². The summed E-state index contributed by atoms with van der Waals surface area (Å²) in [5.41, 5.74) is 9.40. The van der Waals surface area contributed by atoms with E-state index in [1.807, 2.05) is 18.2 Å². The molecular formula is C40H26O. The van der Waals surface area contributed by atoms with Gasteiger partial charge in [0, 0.05) is 10.9 Å². The quantitative estimate of drug-likeness (QED) is 0.210. The first kappa shape index (κ1) is 23.5. The highest BCUT2D eigenvalue weighted by Crippen LogP contribution is 2.46. The van der Waals surface area contributed by atoms with Gasteiger partial charge in [-0.15, -0.1) is 0 Å². The lowest BCUT2D eigenvalue weighted by Crippen LogP contribution is -1.92. The summed E-state index contributed by atoms with van der Waals surface area (Å²) < 4.78 is 6.25. The summed E-state index contributed by atoms with van der Waals surface area (Å²) in [7, 11) is 0. The second kappa shape index (κ2) is 9.66. The van der Waals surface area contributed by atoms with Gasteiger partial charge in [-0.05, 0) is 73.1 Å².